The van der Waals surface area contributed by atoms with E-state index in [9.17, 15) is 14.7 Å². The maximum absolute atomic E-state index is 12.3. The van der Waals surface area contributed by atoms with Gasteiger partial charge in [-0.25, -0.2) is 0 Å². The van der Waals surface area contributed by atoms with E-state index in [1.165, 1.54) is 0 Å². The number of likely N-dealkylation sites (tertiary alicyclic amines) is 1. The number of hydrogen-bond acceptors (Lipinski definition) is 3. The van der Waals surface area contributed by atoms with E-state index >= 15 is 0 Å². The number of carboxylic acids is 1. The van der Waals surface area contributed by atoms with Crippen LogP contribution in [0, 0.1) is 11.3 Å². The van der Waals surface area contributed by atoms with Gasteiger partial charge in [-0.1, -0.05) is 20.3 Å². The molecule has 2 unspecified atom stereocenters. The third kappa shape index (κ3) is 3.69. The number of carbonyl (C=O) groups excluding carboxylic acids is 1. The minimum absolute atomic E-state index is 0.0480. The summed E-state index contributed by atoms with van der Waals surface area (Å²) < 4.78 is 0. The van der Waals surface area contributed by atoms with Gasteiger partial charge in [-0.2, -0.15) is 0 Å². The van der Waals surface area contributed by atoms with E-state index in [-0.39, 0.29) is 11.8 Å². The highest BCUT2D eigenvalue weighted by Gasteiger charge is 2.43. The van der Waals surface area contributed by atoms with E-state index in [4.69, 9.17) is 5.73 Å². The molecule has 110 valence electrons. The predicted octanol–water partition coefficient (Wildman–Crippen LogP) is 1.46. The summed E-state index contributed by atoms with van der Waals surface area (Å²) in [5.74, 6) is -0.832. The highest BCUT2D eigenvalue weighted by Crippen LogP contribution is 2.35. The van der Waals surface area contributed by atoms with Gasteiger partial charge in [-0.3, -0.25) is 9.59 Å². The van der Waals surface area contributed by atoms with Gasteiger partial charge in [-0.15, -0.1) is 0 Å². The van der Waals surface area contributed by atoms with Crippen LogP contribution in [-0.4, -0.2) is 41.5 Å². The van der Waals surface area contributed by atoms with Crippen molar-refractivity contribution in [3.8, 4) is 0 Å². The summed E-state index contributed by atoms with van der Waals surface area (Å²) in [5, 5.41) is 9.50. The average molecular weight is 270 g/mol. The molecule has 0 radical (unpaired) electrons. The van der Waals surface area contributed by atoms with Crippen molar-refractivity contribution >= 4 is 11.9 Å². The number of carboxylic acid groups (broad SMARTS) is 1. The maximum Gasteiger partial charge on any atom is 0.311 e. The molecular formula is C14H26N2O3. The highest BCUT2D eigenvalue weighted by atomic mass is 16.4. The van der Waals surface area contributed by atoms with E-state index < -0.39 is 11.4 Å². The maximum atomic E-state index is 12.3. The summed E-state index contributed by atoms with van der Waals surface area (Å²) in [6.45, 7) is 5.37. The molecular weight excluding hydrogens is 244 g/mol. The molecule has 1 fully saturated rings. The van der Waals surface area contributed by atoms with E-state index in [1.807, 2.05) is 13.8 Å². The number of rotatable bonds is 6. The van der Waals surface area contributed by atoms with E-state index in [2.05, 4.69) is 0 Å². The molecule has 0 aromatic carbocycles. The minimum Gasteiger partial charge on any atom is -0.481 e. The molecule has 1 amide bonds. The van der Waals surface area contributed by atoms with Gasteiger partial charge in [0.05, 0.1) is 5.41 Å². The Balaban J connectivity index is 2.77. The van der Waals surface area contributed by atoms with Crippen LogP contribution in [0.1, 0.15) is 46.0 Å². The number of hydrogen-bond donors (Lipinski definition) is 2. The second-order valence-electron chi connectivity index (χ2n) is 5.68. The van der Waals surface area contributed by atoms with Gasteiger partial charge in [-0.05, 0) is 32.2 Å². The molecule has 0 aliphatic carbocycles. The van der Waals surface area contributed by atoms with Gasteiger partial charge in [0, 0.05) is 19.0 Å². The monoisotopic (exact) mass is 270 g/mol. The molecule has 1 rings (SSSR count). The summed E-state index contributed by atoms with van der Waals surface area (Å²) >= 11 is 0. The van der Waals surface area contributed by atoms with Gasteiger partial charge < -0.3 is 15.7 Å². The summed E-state index contributed by atoms with van der Waals surface area (Å²) in [6, 6.07) is 0. The Morgan fingerprint density at radius 2 is 2.16 bits per heavy atom. The van der Waals surface area contributed by atoms with Crippen LogP contribution in [0.4, 0.5) is 0 Å². The molecule has 5 nitrogen and oxygen atoms in total. The number of nitrogens with zero attached hydrogens (tertiary/aromatic N) is 1. The number of aliphatic carboxylic acids is 1. The van der Waals surface area contributed by atoms with Crippen molar-refractivity contribution in [1.82, 2.24) is 4.90 Å². The number of nitrogens with two attached hydrogens (primary N) is 1. The second kappa shape index (κ2) is 6.89. The molecule has 3 N–H and O–H groups in total. The van der Waals surface area contributed by atoms with Gasteiger partial charge in [0.1, 0.15) is 0 Å². The first-order valence-corrected chi connectivity index (χ1v) is 7.19. The van der Waals surface area contributed by atoms with Crippen LogP contribution < -0.4 is 5.73 Å². The Labute approximate surface area is 115 Å². The van der Waals surface area contributed by atoms with Gasteiger partial charge in [0.25, 0.3) is 0 Å². The standard InChI is InChI=1S/C14H26N2O3/c1-3-6-14(13(18)19)7-4-9-16(10-14)12(17)11(2)5-8-15/h11H,3-10,15H2,1-2H3,(H,18,19). The third-order valence-electron chi connectivity index (χ3n) is 4.09. The molecule has 1 heterocycles. The molecule has 0 aromatic rings. The predicted molar refractivity (Wildman–Crippen MR) is 73.6 cm³/mol. The SMILES string of the molecule is CCCC1(C(=O)O)CCCN(C(=O)C(C)CCN)C1. The fourth-order valence-corrected chi connectivity index (χ4v) is 2.97. The van der Waals surface area contributed by atoms with Crippen molar-refractivity contribution in [2.45, 2.75) is 46.0 Å². The zero-order valence-corrected chi connectivity index (χ0v) is 12.0. The van der Waals surface area contributed by atoms with Gasteiger partial charge >= 0.3 is 5.97 Å². The summed E-state index contributed by atoms with van der Waals surface area (Å²) in [6.07, 6.45) is 3.56. The van der Waals surface area contributed by atoms with Crippen LogP contribution in [0.25, 0.3) is 0 Å². The topological polar surface area (TPSA) is 83.6 Å². The van der Waals surface area contributed by atoms with E-state index in [0.717, 1.165) is 12.8 Å². The van der Waals surface area contributed by atoms with Crippen LogP contribution in [0.15, 0.2) is 0 Å². The zero-order chi connectivity index (χ0) is 14.5. The molecule has 1 saturated heterocycles. The lowest BCUT2D eigenvalue weighted by atomic mass is 9.76. The van der Waals surface area contributed by atoms with Crippen molar-refractivity contribution in [3.05, 3.63) is 0 Å². The molecule has 0 spiro atoms. The van der Waals surface area contributed by atoms with Crippen molar-refractivity contribution in [2.75, 3.05) is 19.6 Å². The molecule has 0 saturated carbocycles. The van der Waals surface area contributed by atoms with Crippen LogP contribution in [-0.2, 0) is 9.59 Å². The van der Waals surface area contributed by atoms with Crippen LogP contribution in [0.3, 0.4) is 0 Å². The smallest absolute Gasteiger partial charge is 0.311 e. The van der Waals surface area contributed by atoms with Crippen molar-refractivity contribution in [1.29, 1.82) is 0 Å². The lowest BCUT2D eigenvalue weighted by molar-refractivity contribution is -0.156. The molecule has 2 atom stereocenters. The highest BCUT2D eigenvalue weighted by molar-refractivity contribution is 5.81. The van der Waals surface area contributed by atoms with E-state index in [0.29, 0.717) is 38.9 Å². The second-order valence-corrected chi connectivity index (χ2v) is 5.68. The Morgan fingerprint density at radius 1 is 1.47 bits per heavy atom. The van der Waals surface area contributed by atoms with Crippen LogP contribution in [0.2, 0.25) is 0 Å². The summed E-state index contributed by atoms with van der Waals surface area (Å²) in [4.78, 5) is 25.6. The van der Waals surface area contributed by atoms with Gasteiger partial charge in [0.2, 0.25) is 5.91 Å². The van der Waals surface area contributed by atoms with Crippen molar-refractivity contribution < 1.29 is 14.7 Å². The molecule has 5 heteroatoms. The van der Waals surface area contributed by atoms with Crippen molar-refractivity contribution in [2.24, 2.45) is 17.1 Å². The molecule has 0 aromatic heterocycles. The lowest BCUT2D eigenvalue weighted by Gasteiger charge is -2.40. The Kier molecular flexibility index (Phi) is 5.79. The first-order valence-electron chi connectivity index (χ1n) is 7.19. The minimum atomic E-state index is -0.765. The average Bonchev–Trinajstić information content (AvgIpc) is 2.38. The number of piperidine rings is 1. The Bertz CT molecular complexity index is 329. The fourth-order valence-electron chi connectivity index (χ4n) is 2.97. The Hall–Kier alpha value is -1.10. The largest absolute Gasteiger partial charge is 0.481 e. The molecule has 19 heavy (non-hydrogen) atoms. The van der Waals surface area contributed by atoms with Crippen LogP contribution in [0.5, 0.6) is 0 Å². The molecule has 0 bridgehead atoms. The fraction of sp³-hybridized carbons (Fsp3) is 0.857. The van der Waals surface area contributed by atoms with Crippen LogP contribution >= 0.6 is 0 Å². The summed E-state index contributed by atoms with van der Waals surface area (Å²) in [5.41, 5.74) is 4.74. The Morgan fingerprint density at radius 3 is 2.68 bits per heavy atom. The molecule has 1 aliphatic rings. The quantitative estimate of drug-likeness (QED) is 0.765. The lowest BCUT2D eigenvalue weighted by Crippen LogP contribution is -2.51. The number of amides is 1. The van der Waals surface area contributed by atoms with E-state index in [1.54, 1.807) is 4.90 Å². The first kappa shape index (κ1) is 16.0. The summed E-state index contributed by atoms with van der Waals surface area (Å²) in [7, 11) is 0. The number of carbonyl (C=O) groups is 2. The zero-order valence-electron chi connectivity index (χ0n) is 12.0. The first-order chi connectivity index (χ1) is 8.96. The molecule has 1 aliphatic heterocycles. The van der Waals surface area contributed by atoms with Crippen molar-refractivity contribution in [3.63, 3.8) is 0 Å². The van der Waals surface area contributed by atoms with Gasteiger partial charge in [0.15, 0.2) is 0 Å². The third-order valence-corrected chi connectivity index (χ3v) is 4.09. The normalized spacial score (nSPS) is 25.1.